The molecule has 1 N–H and O–H groups in total. The Kier molecular flexibility index (Phi) is 8.27. The highest BCUT2D eigenvalue weighted by molar-refractivity contribution is 7.99. The molecule has 0 heterocycles. The van der Waals surface area contributed by atoms with E-state index in [2.05, 4.69) is 30.3 Å². The third-order valence-electron chi connectivity index (χ3n) is 2.56. The molecule has 16 heavy (non-hydrogen) atoms. The molecule has 0 aliphatic carbocycles. The van der Waals surface area contributed by atoms with Gasteiger partial charge in [-0.05, 0) is 30.7 Å². The second-order valence-corrected chi connectivity index (χ2v) is 5.17. The molecule has 2 heteroatoms. The quantitative estimate of drug-likeness (QED) is 0.516. The van der Waals surface area contributed by atoms with E-state index < -0.39 is 0 Å². The molecule has 0 aliphatic rings. The topological polar surface area (TPSA) is 20.2 Å². The molecule has 0 spiro atoms. The van der Waals surface area contributed by atoms with Crippen molar-refractivity contribution in [2.45, 2.75) is 43.4 Å². The highest BCUT2D eigenvalue weighted by atomic mass is 32.2. The predicted molar refractivity (Wildman–Crippen MR) is 72.0 cm³/mol. The van der Waals surface area contributed by atoms with Crippen molar-refractivity contribution < 1.29 is 5.11 Å². The molecule has 90 valence electrons. The van der Waals surface area contributed by atoms with Crippen molar-refractivity contribution in [3.63, 3.8) is 0 Å². The molecule has 0 saturated carbocycles. The third kappa shape index (κ3) is 6.91. The molecule has 0 aliphatic heterocycles. The van der Waals surface area contributed by atoms with Crippen molar-refractivity contribution in [3.8, 4) is 0 Å². The Morgan fingerprint density at radius 2 is 1.44 bits per heavy atom. The molecule has 1 aromatic carbocycles. The molecule has 0 fully saturated rings. The number of hydrogen-bond acceptors (Lipinski definition) is 2. The molecule has 1 nitrogen and oxygen atoms in total. The summed E-state index contributed by atoms with van der Waals surface area (Å²) in [6, 6.07) is 10.6. The molecule has 0 unspecified atom stereocenters. The van der Waals surface area contributed by atoms with Gasteiger partial charge in [0.2, 0.25) is 0 Å². The smallest absolute Gasteiger partial charge is 0.0431 e. The largest absolute Gasteiger partial charge is 0.396 e. The SMILES string of the molecule is OCCCCCCCCSc1ccccc1. The van der Waals surface area contributed by atoms with Gasteiger partial charge in [-0.3, -0.25) is 0 Å². The Morgan fingerprint density at radius 1 is 0.812 bits per heavy atom. The minimum atomic E-state index is 0.351. The van der Waals surface area contributed by atoms with Crippen molar-refractivity contribution in [1.29, 1.82) is 0 Å². The Balaban J connectivity index is 1.89. The van der Waals surface area contributed by atoms with E-state index in [1.807, 2.05) is 11.8 Å². The first-order valence-electron chi connectivity index (χ1n) is 6.22. The summed E-state index contributed by atoms with van der Waals surface area (Å²) in [7, 11) is 0. The van der Waals surface area contributed by atoms with Crippen molar-refractivity contribution in [2.75, 3.05) is 12.4 Å². The van der Waals surface area contributed by atoms with E-state index in [0.29, 0.717) is 6.61 Å². The van der Waals surface area contributed by atoms with Crippen LogP contribution in [0.3, 0.4) is 0 Å². The summed E-state index contributed by atoms with van der Waals surface area (Å²) in [5.74, 6) is 1.23. The van der Waals surface area contributed by atoms with Crippen LogP contribution in [-0.2, 0) is 0 Å². The van der Waals surface area contributed by atoms with Gasteiger partial charge in [0.15, 0.2) is 0 Å². The second kappa shape index (κ2) is 9.73. The summed E-state index contributed by atoms with van der Waals surface area (Å²) in [6.45, 7) is 0.351. The van der Waals surface area contributed by atoms with Crippen LogP contribution < -0.4 is 0 Å². The average molecular weight is 238 g/mol. The van der Waals surface area contributed by atoms with E-state index in [1.165, 1.54) is 42.8 Å². The first-order valence-corrected chi connectivity index (χ1v) is 7.21. The van der Waals surface area contributed by atoms with Crippen LogP contribution in [0.5, 0.6) is 0 Å². The molecule has 1 aromatic rings. The van der Waals surface area contributed by atoms with E-state index in [4.69, 9.17) is 5.11 Å². The Labute approximate surface area is 103 Å². The Morgan fingerprint density at radius 3 is 2.12 bits per heavy atom. The van der Waals surface area contributed by atoms with E-state index in [-0.39, 0.29) is 0 Å². The van der Waals surface area contributed by atoms with Crippen LogP contribution in [-0.4, -0.2) is 17.5 Å². The van der Waals surface area contributed by atoms with Gasteiger partial charge in [0.1, 0.15) is 0 Å². The summed E-state index contributed by atoms with van der Waals surface area (Å²) < 4.78 is 0. The molecule has 0 atom stereocenters. The number of unbranched alkanes of at least 4 members (excludes halogenated alkanes) is 5. The fourth-order valence-electron chi connectivity index (χ4n) is 1.63. The molecular weight excluding hydrogens is 216 g/mol. The highest BCUT2D eigenvalue weighted by Crippen LogP contribution is 2.19. The van der Waals surface area contributed by atoms with Crippen LogP contribution in [0, 0.1) is 0 Å². The van der Waals surface area contributed by atoms with Gasteiger partial charge in [-0.1, -0.05) is 43.9 Å². The minimum Gasteiger partial charge on any atom is -0.396 e. The van der Waals surface area contributed by atoms with Crippen LogP contribution in [0.15, 0.2) is 35.2 Å². The van der Waals surface area contributed by atoms with Crippen LogP contribution >= 0.6 is 11.8 Å². The molecular formula is C14H22OS. The summed E-state index contributed by atoms with van der Waals surface area (Å²) >= 11 is 1.95. The fraction of sp³-hybridized carbons (Fsp3) is 0.571. The number of aliphatic hydroxyl groups excluding tert-OH is 1. The highest BCUT2D eigenvalue weighted by Gasteiger charge is 1.93. The van der Waals surface area contributed by atoms with Gasteiger partial charge in [-0.25, -0.2) is 0 Å². The summed E-state index contributed by atoms with van der Waals surface area (Å²) in [4.78, 5) is 1.38. The van der Waals surface area contributed by atoms with E-state index >= 15 is 0 Å². The van der Waals surface area contributed by atoms with Crippen molar-refractivity contribution in [3.05, 3.63) is 30.3 Å². The van der Waals surface area contributed by atoms with Crippen LogP contribution in [0.25, 0.3) is 0 Å². The molecule has 0 amide bonds. The molecule has 0 bridgehead atoms. The standard InChI is InChI=1S/C14H22OS/c15-12-8-3-1-2-4-9-13-16-14-10-6-5-7-11-14/h5-7,10-11,15H,1-4,8-9,12-13H2. The normalized spacial score (nSPS) is 10.6. The number of aliphatic hydroxyl groups is 1. The number of benzene rings is 1. The lowest BCUT2D eigenvalue weighted by molar-refractivity contribution is 0.282. The van der Waals surface area contributed by atoms with Crippen molar-refractivity contribution in [2.24, 2.45) is 0 Å². The van der Waals surface area contributed by atoms with E-state index in [9.17, 15) is 0 Å². The fourth-order valence-corrected chi connectivity index (χ4v) is 2.56. The Hall–Kier alpha value is -0.470. The molecule has 1 rings (SSSR count). The van der Waals surface area contributed by atoms with Crippen molar-refractivity contribution >= 4 is 11.8 Å². The van der Waals surface area contributed by atoms with Gasteiger partial charge in [0, 0.05) is 11.5 Å². The molecule has 0 aromatic heterocycles. The van der Waals surface area contributed by atoms with Crippen molar-refractivity contribution in [1.82, 2.24) is 0 Å². The molecule has 0 saturated heterocycles. The lowest BCUT2D eigenvalue weighted by atomic mass is 10.1. The number of thioether (sulfide) groups is 1. The summed E-state index contributed by atoms with van der Waals surface area (Å²) in [5, 5.41) is 8.63. The minimum absolute atomic E-state index is 0.351. The van der Waals surface area contributed by atoms with Gasteiger partial charge in [0.25, 0.3) is 0 Å². The maximum Gasteiger partial charge on any atom is 0.0431 e. The number of hydrogen-bond donors (Lipinski definition) is 1. The lowest BCUT2D eigenvalue weighted by Gasteiger charge is -2.02. The predicted octanol–water partition coefficient (Wildman–Crippen LogP) is 4.11. The van der Waals surface area contributed by atoms with Gasteiger partial charge in [0.05, 0.1) is 0 Å². The van der Waals surface area contributed by atoms with Gasteiger partial charge in [-0.2, -0.15) is 0 Å². The Bertz CT molecular complexity index is 248. The first kappa shape index (κ1) is 13.6. The van der Waals surface area contributed by atoms with Crippen LogP contribution in [0.4, 0.5) is 0 Å². The van der Waals surface area contributed by atoms with Gasteiger partial charge in [-0.15, -0.1) is 11.8 Å². The lowest BCUT2D eigenvalue weighted by Crippen LogP contribution is -1.85. The summed E-state index contributed by atoms with van der Waals surface area (Å²) in [6.07, 6.45) is 7.37. The zero-order valence-corrected chi connectivity index (χ0v) is 10.7. The zero-order valence-electron chi connectivity index (χ0n) is 9.90. The van der Waals surface area contributed by atoms with Gasteiger partial charge < -0.3 is 5.11 Å². The average Bonchev–Trinajstić information content (AvgIpc) is 2.34. The monoisotopic (exact) mass is 238 g/mol. The maximum absolute atomic E-state index is 8.63. The van der Waals surface area contributed by atoms with Gasteiger partial charge >= 0.3 is 0 Å². The first-order chi connectivity index (χ1) is 7.93. The third-order valence-corrected chi connectivity index (χ3v) is 3.66. The van der Waals surface area contributed by atoms with Crippen LogP contribution in [0.2, 0.25) is 0 Å². The number of rotatable bonds is 9. The van der Waals surface area contributed by atoms with Crippen LogP contribution in [0.1, 0.15) is 38.5 Å². The zero-order chi connectivity index (χ0) is 11.5. The van der Waals surface area contributed by atoms with E-state index in [0.717, 1.165) is 6.42 Å². The molecule has 0 radical (unpaired) electrons. The maximum atomic E-state index is 8.63. The van der Waals surface area contributed by atoms with E-state index in [1.54, 1.807) is 0 Å². The second-order valence-electron chi connectivity index (χ2n) is 4.01. The summed E-state index contributed by atoms with van der Waals surface area (Å²) in [5.41, 5.74) is 0.